The Morgan fingerprint density at radius 1 is 0.621 bits per heavy atom. The highest BCUT2D eigenvalue weighted by atomic mass is 32.2. The number of phenols is 1. The Bertz CT molecular complexity index is 1090. The predicted molar refractivity (Wildman–Crippen MR) is 116 cm³/mol. The van der Waals surface area contributed by atoms with E-state index in [1.54, 1.807) is 48.2 Å². The van der Waals surface area contributed by atoms with E-state index in [1.165, 1.54) is 17.0 Å². The lowest BCUT2D eigenvalue weighted by Gasteiger charge is -2.08. The van der Waals surface area contributed by atoms with Gasteiger partial charge < -0.3 is 9.84 Å². The van der Waals surface area contributed by atoms with Gasteiger partial charge in [0.2, 0.25) is 0 Å². The number of hydrogen-bond donors (Lipinski definition) is 1. The van der Waals surface area contributed by atoms with Crippen molar-refractivity contribution in [3.63, 3.8) is 0 Å². The van der Waals surface area contributed by atoms with Crippen LogP contribution in [0.1, 0.15) is 0 Å². The first-order valence-electron chi connectivity index (χ1n) is 8.99. The van der Waals surface area contributed by atoms with Gasteiger partial charge in [-0.3, -0.25) is 0 Å². The van der Waals surface area contributed by atoms with Crippen LogP contribution in [0.4, 0.5) is 0 Å². The molecular formula is C24H18O3S2. The van der Waals surface area contributed by atoms with Crippen molar-refractivity contribution in [1.29, 1.82) is 0 Å². The molecule has 1 N–H and O–H groups in total. The maximum absolute atomic E-state index is 12.6. The van der Waals surface area contributed by atoms with E-state index in [0.29, 0.717) is 15.5 Å². The van der Waals surface area contributed by atoms with Gasteiger partial charge in [-0.05, 0) is 84.9 Å². The monoisotopic (exact) mass is 418 g/mol. The molecule has 0 amide bonds. The Morgan fingerprint density at radius 3 is 1.69 bits per heavy atom. The van der Waals surface area contributed by atoms with Gasteiger partial charge in [-0.25, -0.2) is 4.21 Å². The molecule has 5 heteroatoms. The first kappa shape index (κ1) is 19.3. The van der Waals surface area contributed by atoms with Gasteiger partial charge in [0.25, 0.3) is 0 Å². The third kappa shape index (κ3) is 5.08. The molecule has 0 spiro atoms. The molecule has 0 aliphatic carbocycles. The zero-order valence-electron chi connectivity index (χ0n) is 15.4. The molecule has 0 aromatic heterocycles. The van der Waals surface area contributed by atoms with Gasteiger partial charge in [0.1, 0.15) is 17.2 Å². The van der Waals surface area contributed by atoms with Crippen LogP contribution >= 0.6 is 11.8 Å². The highest BCUT2D eigenvalue weighted by Gasteiger charge is 2.08. The van der Waals surface area contributed by atoms with Gasteiger partial charge >= 0.3 is 0 Å². The Morgan fingerprint density at radius 2 is 1.10 bits per heavy atom. The smallest absolute Gasteiger partial charge is 0.127 e. The summed E-state index contributed by atoms with van der Waals surface area (Å²) >= 11 is 1.70. The minimum Gasteiger partial charge on any atom is -0.508 e. The molecular weight excluding hydrogens is 400 g/mol. The summed E-state index contributed by atoms with van der Waals surface area (Å²) in [5, 5.41) is 9.36. The Labute approximate surface area is 176 Å². The van der Waals surface area contributed by atoms with Crippen molar-refractivity contribution in [3.8, 4) is 17.2 Å². The van der Waals surface area contributed by atoms with Crippen molar-refractivity contribution in [2.24, 2.45) is 0 Å². The maximum Gasteiger partial charge on any atom is 0.127 e. The molecule has 4 aromatic rings. The van der Waals surface area contributed by atoms with E-state index >= 15 is 0 Å². The number of benzene rings is 4. The number of aromatic hydroxyl groups is 1. The average Bonchev–Trinajstić information content (AvgIpc) is 2.76. The van der Waals surface area contributed by atoms with Crippen LogP contribution in [0, 0.1) is 0 Å². The molecule has 144 valence electrons. The zero-order chi connectivity index (χ0) is 20.1. The molecule has 4 aromatic carbocycles. The minimum absolute atomic E-state index is 0.155. The lowest BCUT2D eigenvalue weighted by atomic mass is 10.3. The van der Waals surface area contributed by atoms with Crippen molar-refractivity contribution in [2.45, 2.75) is 19.6 Å². The van der Waals surface area contributed by atoms with Gasteiger partial charge in [0.15, 0.2) is 0 Å². The van der Waals surface area contributed by atoms with Crippen LogP contribution in [-0.2, 0) is 10.8 Å². The summed E-state index contributed by atoms with van der Waals surface area (Å²) in [6.07, 6.45) is 0. The summed E-state index contributed by atoms with van der Waals surface area (Å²) in [6.45, 7) is 0. The Balaban J connectivity index is 1.41. The summed E-state index contributed by atoms with van der Waals surface area (Å²) in [7, 11) is -1.30. The van der Waals surface area contributed by atoms with Crippen LogP contribution < -0.4 is 4.74 Å². The Kier molecular flexibility index (Phi) is 5.98. The van der Waals surface area contributed by atoms with Gasteiger partial charge in [-0.1, -0.05) is 30.0 Å². The largest absolute Gasteiger partial charge is 0.508 e. The fourth-order valence-electron chi connectivity index (χ4n) is 2.67. The first-order valence-corrected chi connectivity index (χ1v) is 11.0. The van der Waals surface area contributed by atoms with Crippen molar-refractivity contribution in [1.82, 2.24) is 0 Å². The van der Waals surface area contributed by atoms with Crippen LogP contribution in [0.2, 0.25) is 0 Å². The van der Waals surface area contributed by atoms with E-state index in [0.717, 1.165) is 10.6 Å². The molecule has 0 aliphatic rings. The van der Waals surface area contributed by atoms with E-state index in [-0.39, 0.29) is 5.75 Å². The summed E-state index contributed by atoms with van der Waals surface area (Å²) < 4.78 is 18.5. The highest BCUT2D eigenvalue weighted by Crippen LogP contribution is 2.30. The molecule has 3 nitrogen and oxygen atoms in total. The van der Waals surface area contributed by atoms with Crippen molar-refractivity contribution in [3.05, 3.63) is 103 Å². The first-order chi connectivity index (χ1) is 14.2. The van der Waals surface area contributed by atoms with E-state index in [1.807, 2.05) is 42.5 Å². The molecule has 0 saturated heterocycles. The van der Waals surface area contributed by atoms with Crippen LogP contribution in [0.15, 0.2) is 123 Å². The predicted octanol–water partition coefficient (Wildman–Crippen LogP) is 6.50. The van der Waals surface area contributed by atoms with Gasteiger partial charge in [0, 0.05) is 19.6 Å². The number of hydrogen-bond acceptors (Lipinski definition) is 4. The third-order valence-corrected chi connectivity index (χ3v) is 6.54. The SMILES string of the molecule is O=S(c1ccc(O)cc1)c1ccc(Oc2ccc(Sc3ccccc3)cc2)cc1. The summed E-state index contributed by atoms with van der Waals surface area (Å²) in [5.41, 5.74) is 0. The van der Waals surface area contributed by atoms with Gasteiger partial charge in [-0.15, -0.1) is 0 Å². The molecule has 0 saturated carbocycles. The van der Waals surface area contributed by atoms with Crippen LogP contribution in [0.25, 0.3) is 0 Å². The minimum atomic E-state index is -1.30. The number of rotatable bonds is 6. The zero-order valence-corrected chi connectivity index (χ0v) is 17.0. The molecule has 0 fully saturated rings. The molecule has 29 heavy (non-hydrogen) atoms. The fraction of sp³-hybridized carbons (Fsp3) is 0. The summed E-state index contributed by atoms with van der Waals surface area (Å²) in [5.74, 6) is 1.58. The average molecular weight is 419 g/mol. The molecule has 1 atom stereocenters. The topological polar surface area (TPSA) is 46.5 Å². The normalized spacial score (nSPS) is 11.7. The fourth-order valence-corrected chi connectivity index (χ4v) is 4.55. The lowest BCUT2D eigenvalue weighted by Crippen LogP contribution is -1.92. The van der Waals surface area contributed by atoms with Gasteiger partial charge in [-0.2, -0.15) is 0 Å². The van der Waals surface area contributed by atoms with Crippen molar-refractivity contribution in [2.75, 3.05) is 0 Å². The molecule has 4 rings (SSSR count). The lowest BCUT2D eigenvalue weighted by molar-refractivity contribution is 0.475. The van der Waals surface area contributed by atoms with Crippen molar-refractivity contribution < 1.29 is 14.1 Å². The number of phenolic OH excluding ortho intramolecular Hbond substituents is 1. The molecule has 0 bridgehead atoms. The third-order valence-electron chi connectivity index (χ3n) is 4.13. The summed E-state index contributed by atoms with van der Waals surface area (Å²) in [4.78, 5) is 3.65. The second-order valence-electron chi connectivity index (χ2n) is 6.22. The number of ether oxygens (including phenoxy) is 1. The van der Waals surface area contributed by atoms with Gasteiger partial charge in [0.05, 0.1) is 10.8 Å². The highest BCUT2D eigenvalue weighted by molar-refractivity contribution is 7.99. The van der Waals surface area contributed by atoms with Crippen LogP contribution in [-0.4, -0.2) is 9.32 Å². The molecule has 0 aliphatic heterocycles. The van der Waals surface area contributed by atoms with Crippen molar-refractivity contribution >= 4 is 22.6 Å². The Hall–Kier alpha value is -3.02. The standard InChI is InChI=1S/C24H18O3S2/c25-18-6-14-23(15-7-18)29(26)24-16-10-20(11-17-24)27-19-8-12-22(13-9-19)28-21-4-2-1-3-5-21/h1-17,25H. The molecule has 0 radical (unpaired) electrons. The summed E-state index contributed by atoms with van der Waals surface area (Å²) in [6, 6.07) is 31.7. The second-order valence-corrected chi connectivity index (χ2v) is 8.85. The van der Waals surface area contributed by atoms with E-state index in [9.17, 15) is 9.32 Å². The van der Waals surface area contributed by atoms with E-state index in [4.69, 9.17) is 4.74 Å². The maximum atomic E-state index is 12.6. The van der Waals surface area contributed by atoms with E-state index < -0.39 is 10.8 Å². The van der Waals surface area contributed by atoms with Crippen LogP contribution in [0.5, 0.6) is 17.2 Å². The molecule has 1 unspecified atom stereocenters. The second kappa shape index (κ2) is 8.99. The van der Waals surface area contributed by atoms with Crippen LogP contribution in [0.3, 0.4) is 0 Å². The molecule has 0 heterocycles. The van der Waals surface area contributed by atoms with E-state index in [2.05, 4.69) is 12.1 Å². The quantitative estimate of drug-likeness (QED) is 0.388.